The van der Waals surface area contributed by atoms with E-state index in [0.717, 1.165) is 0 Å². The second kappa shape index (κ2) is 15.3. The first-order valence-corrected chi connectivity index (χ1v) is 14.7. The van der Waals surface area contributed by atoms with Gasteiger partial charge in [0.05, 0.1) is 37.6 Å². The summed E-state index contributed by atoms with van der Waals surface area (Å²) in [6, 6.07) is 0. The van der Waals surface area contributed by atoms with Crippen LogP contribution in [0.25, 0.3) is 0 Å². The fraction of sp³-hybridized carbons (Fsp3) is 0.963. The van der Waals surface area contributed by atoms with Gasteiger partial charge in [0.15, 0.2) is 12.1 Å². The molecule has 44 heavy (non-hydrogen) atoms. The highest BCUT2D eigenvalue weighted by Crippen LogP contribution is 2.39. The van der Waals surface area contributed by atoms with Crippen LogP contribution in [-0.4, -0.2) is 182 Å². The molecular formula is C27H49NO16. The molecule has 17 nitrogen and oxygen atoms in total. The molecule has 10 unspecified atom stereocenters. The first-order chi connectivity index (χ1) is 20.6. The Bertz CT molecular complexity index is 924. The van der Waals surface area contributed by atoms with Crippen molar-refractivity contribution in [2.45, 2.75) is 131 Å². The highest BCUT2D eigenvalue weighted by atomic mass is 16.7. The maximum absolute atomic E-state index is 12.2. The van der Waals surface area contributed by atoms with E-state index in [0.29, 0.717) is 0 Å². The minimum Gasteiger partial charge on any atom is -0.394 e. The predicted molar refractivity (Wildman–Crippen MR) is 146 cm³/mol. The van der Waals surface area contributed by atoms with Gasteiger partial charge in [-0.05, 0) is 27.2 Å². The molecule has 258 valence electrons. The number of carbonyl (C=O) groups is 1. The summed E-state index contributed by atoms with van der Waals surface area (Å²) in [6.07, 6.45) is -21.2. The molecule has 0 aromatic heterocycles. The van der Waals surface area contributed by atoms with Gasteiger partial charge in [0.2, 0.25) is 0 Å². The average molecular weight is 644 g/mol. The van der Waals surface area contributed by atoms with Crippen molar-refractivity contribution < 1.29 is 79.2 Å². The highest BCUT2D eigenvalue weighted by Gasteiger charge is 2.58. The quantitative estimate of drug-likeness (QED) is 0.0896. The maximum Gasteiger partial charge on any atom is 0.195 e. The molecule has 0 radical (unpaired) electrons. The van der Waals surface area contributed by atoms with Crippen LogP contribution in [-0.2, 0) is 33.2 Å². The lowest BCUT2D eigenvalue weighted by Gasteiger charge is -2.53. The molecule has 0 aliphatic carbocycles. The van der Waals surface area contributed by atoms with Crippen molar-refractivity contribution in [1.82, 2.24) is 0 Å². The van der Waals surface area contributed by atoms with Gasteiger partial charge in [0, 0.05) is 6.54 Å². The number of ether oxygens (including phenoxy) is 6. The van der Waals surface area contributed by atoms with Gasteiger partial charge in [-0.1, -0.05) is 6.92 Å². The van der Waals surface area contributed by atoms with Gasteiger partial charge >= 0.3 is 0 Å². The molecule has 3 rings (SSSR count). The van der Waals surface area contributed by atoms with Crippen molar-refractivity contribution in [2.24, 2.45) is 5.73 Å². The number of ketones is 1. The third kappa shape index (κ3) is 7.44. The van der Waals surface area contributed by atoms with Gasteiger partial charge < -0.3 is 80.1 Å². The molecule has 0 spiro atoms. The van der Waals surface area contributed by atoms with Crippen LogP contribution in [0.15, 0.2) is 0 Å². The minimum absolute atomic E-state index is 0.00847. The van der Waals surface area contributed by atoms with Gasteiger partial charge in [-0.15, -0.1) is 0 Å². The lowest BCUT2D eigenvalue weighted by molar-refractivity contribution is -0.344. The number of aliphatic hydroxyl groups excluding tert-OH is 9. The summed E-state index contributed by atoms with van der Waals surface area (Å²) in [5.74, 6) is -0.920. The van der Waals surface area contributed by atoms with Crippen LogP contribution in [0.2, 0.25) is 0 Å². The number of aliphatic hydroxyl groups is 9. The zero-order valence-corrected chi connectivity index (χ0v) is 25.3. The summed E-state index contributed by atoms with van der Waals surface area (Å²) in [5.41, 5.74) is 2.30. The molecular weight excluding hydrogens is 594 g/mol. The summed E-state index contributed by atoms with van der Waals surface area (Å²) >= 11 is 0. The zero-order chi connectivity index (χ0) is 33.1. The van der Waals surface area contributed by atoms with Gasteiger partial charge in [-0.2, -0.15) is 0 Å². The van der Waals surface area contributed by atoms with E-state index in [2.05, 4.69) is 0 Å². The minimum atomic E-state index is -1.90. The van der Waals surface area contributed by atoms with E-state index in [-0.39, 0.29) is 19.6 Å². The van der Waals surface area contributed by atoms with Crippen molar-refractivity contribution in [3.63, 3.8) is 0 Å². The molecule has 3 aliphatic rings. The second-order valence-electron chi connectivity index (χ2n) is 12.1. The van der Waals surface area contributed by atoms with Gasteiger partial charge in [0.25, 0.3) is 0 Å². The summed E-state index contributed by atoms with van der Waals surface area (Å²) < 4.78 is 34.6. The number of carbonyl (C=O) groups excluding carboxylic acids is 1. The fourth-order valence-electron chi connectivity index (χ4n) is 5.88. The van der Waals surface area contributed by atoms with Crippen molar-refractivity contribution >= 4 is 5.78 Å². The number of rotatable bonds is 13. The fourth-order valence-corrected chi connectivity index (χ4v) is 5.88. The summed E-state index contributed by atoms with van der Waals surface area (Å²) in [4.78, 5) is 12.2. The number of nitrogens with two attached hydrogens (primary N) is 1. The Hall–Kier alpha value is -0.970. The molecule has 3 heterocycles. The molecule has 0 aromatic carbocycles. The SMILES string of the molecule is CCC(C)(OC1C(O)[C@H](C(C)(C)OC2C(O)[C@H](OCCN)OC(CO)[C@H]2O)OC(CO)[C@H]1O)[C@@H]1OC(CO)C(=O)C(O)C1O. The molecule has 3 aliphatic heterocycles. The van der Waals surface area contributed by atoms with E-state index in [4.69, 9.17) is 34.2 Å². The van der Waals surface area contributed by atoms with Crippen LogP contribution in [0.3, 0.4) is 0 Å². The first-order valence-electron chi connectivity index (χ1n) is 14.7. The van der Waals surface area contributed by atoms with E-state index in [1.54, 1.807) is 6.92 Å². The Kier molecular flexibility index (Phi) is 13.0. The average Bonchev–Trinajstić information content (AvgIpc) is 2.99. The topological polar surface area (TPSA) is 281 Å². The Labute approximate surface area is 255 Å². The summed E-state index contributed by atoms with van der Waals surface area (Å²) in [5, 5.41) is 94.8. The highest BCUT2D eigenvalue weighted by molar-refractivity contribution is 5.88. The third-order valence-electron chi connectivity index (χ3n) is 8.64. The second-order valence-corrected chi connectivity index (χ2v) is 12.1. The van der Waals surface area contributed by atoms with Crippen LogP contribution in [0, 0.1) is 0 Å². The van der Waals surface area contributed by atoms with Gasteiger partial charge in [-0.25, -0.2) is 0 Å². The predicted octanol–water partition coefficient (Wildman–Crippen LogP) is -5.35. The maximum atomic E-state index is 12.2. The number of Topliss-reactive ketones (excluding diaryl/α,β-unsaturated/α-hetero) is 1. The molecule has 0 saturated carbocycles. The van der Waals surface area contributed by atoms with E-state index in [1.807, 2.05) is 0 Å². The molecule has 0 bridgehead atoms. The van der Waals surface area contributed by atoms with E-state index in [1.165, 1.54) is 20.8 Å². The molecule has 3 fully saturated rings. The van der Waals surface area contributed by atoms with Gasteiger partial charge in [0.1, 0.15) is 79.4 Å². The van der Waals surface area contributed by atoms with Crippen molar-refractivity contribution in [1.29, 1.82) is 0 Å². The van der Waals surface area contributed by atoms with Crippen LogP contribution in [0.5, 0.6) is 0 Å². The van der Waals surface area contributed by atoms with Crippen LogP contribution in [0.4, 0.5) is 0 Å². The largest absolute Gasteiger partial charge is 0.394 e. The Balaban J connectivity index is 1.89. The lowest BCUT2D eigenvalue weighted by atomic mass is 9.82. The molecule has 15 atom stereocenters. The normalized spacial score (nSPS) is 43.5. The Morgan fingerprint density at radius 2 is 1.32 bits per heavy atom. The lowest BCUT2D eigenvalue weighted by Crippen LogP contribution is -2.70. The van der Waals surface area contributed by atoms with E-state index >= 15 is 0 Å². The molecule has 17 heteroatoms. The van der Waals surface area contributed by atoms with Crippen molar-refractivity contribution in [3.8, 4) is 0 Å². The standard InChI is InChI=1S/C27H49NO16/c1-5-27(4,24-18(36)17(35)14(32)11(8-29)41-24)44-21-15(33)12(9-30)40-23(19(21)37)26(2,3)43-22-16(34)13(10-31)42-25(20(22)38)39-7-6-28/h11-13,15-25,29-31,33-38H,5-10,28H2,1-4H3/t11?,12?,13?,15-,16-,17?,18?,19?,20?,21?,22?,23-,24-,25-,27?/m1/s1. The number of hydrogen-bond acceptors (Lipinski definition) is 17. The molecule has 0 amide bonds. The molecule has 11 N–H and O–H groups in total. The zero-order valence-electron chi connectivity index (χ0n) is 25.3. The van der Waals surface area contributed by atoms with Crippen molar-refractivity contribution in [3.05, 3.63) is 0 Å². The smallest absolute Gasteiger partial charge is 0.195 e. The molecule has 3 saturated heterocycles. The summed E-state index contributed by atoms with van der Waals surface area (Å²) in [6.45, 7) is 3.96. The van der Waals surface area contributed by atoms with E-state index < -0.39 is 122 Å². The molecule has 0 aromatic rings. The van der Waals surface area contributed by atoms with Crippen molar-refractivity contribution in [2.75, 3.05) is 33.0 Å². The Morgan fingerprint density at radius 1 is 0.750 bits per heavy atom. The van der Waals surface area contributed by atoms with Crippen LogP contribution in [0.1, 0.15) is 34.1 Å². The van der Waals surface area contributed by atoms with Crippen LogP contribution >= 0.6 is 0 Å². The van der Waals surface area contributed by atoms with Crippen LogP contribution < -0.4 is 5.73 Å². The monoisotopic (exact) mass is 643 g/mol. The van der Waals surface area contributed by atoms with Gasteiger partial charge in [-0.3, -0.25) is 4.79 Å². The number of hydrogen-bond donors (Lipinski definition) is 10. The van der Waals surface area contributed by atoms with E-state index in [9.17, 15) is 50.8 Å². The Morgan fingerprint density at radius 3 is 1.84 bits per heavy atom. The third-order valence-corrected chi connectivity index (χ3v) is 8.64. The summed E-state index contributed by atoms with van der Waals surface area (Å²) in [7, 11) is 0. The first kappa shape index (κ1) is 37.5.